The summed E-state index contributed by atoms with van der Waals surface area (Å²) in [5.74, 6) is 0.380. The minimum absolute atomic E-state index is 0.380. The van der Waals surface area contributed by atoms with Gasteiger partial charge in [-0.1, -0.05) is 127 Å². The molecule has 0 fully saturated rings. The first kappa shape index (κ1) is 28.6. The van der Waals surface area contributed by atoms with E-state index in [2.05, 4.69) is 181 Å². The average molecular weight is 662 g/mol. The molecule has 1 aliphatic carbocycles. The van der Waals surface area contributed by atoms with Gasteiger partial charge in [0.15, 0.2) is 0 Å². The van der Waals surface area contributed by atoms with Gasteiger partial charge >= 0.3 is 0 Å². The van der Waals surface area contributed by atoms with Gasteiger partial charge < -0.3 is 4.90 Å². The molecule has 2 aliphatic rings. The topological polar surface area (TPSA) is 3.24 Å². The van der Waals surface area contributed by atoms with Crippen LogP contribution in [0.5, 0.6) is 0 Å². The summed E-state index contributed by atoms with van der Waals surface area (Å²) < 4.78 is 2.63. The van der Waals surface area contributed by atoms with Crippen LogP contribution in [0.3, 0.4) is 0 Å². The molecule has 0 spiro atoms. The lowest BCUT2D eigenvalue weighted by molar-refractivity contribution is 0.880. The molecule has 0 saturated carbocycles. The maximum Gasteiger partial charge on any atom is 0.0546 e. The molecule has 10 rings (SSSR count). The van der Waals surface area contributed by atoms with Gasteiger partial charge in [-0.15, -0.1) is 23.1 Å². The molecule has 0 saturated heterocycles. The molecule has 1 nitrogen and oxygen atoms in total. The van der Waals surface area contributed by atoms with Crippen LogP contribution in [0, 0.1) is 0 Å². The molecule has 8 aromatic rings. The van der Waals surface area contributed by atoms with E-state index < -0.39 is 0 Å². The second-order valence-electron chi connectivity index (χ2n) is 12.8. The molecule has 49 heavy (non-hydrogen) atoms. The lowest BCUT2D eigenvalue weighted by Gasteiger charge is -2.29. The van der Waals surface area contributed by atoms with Gasteiger partial charge in [-0.2, -0.15) is 0 Å². The predicted molar refractivity (Wildman–Crippen MR) is 213 cm³/mol. The molecule has 2 atom stereocenters. The zero-order chi connectivity index (χ0) is 32.3. The Morgan fingerprint density at radius 1 is 0.490 bits per heavy atom. The highest BCUT2D eigenvalue weighted by molar-refractivity contribution is 8.00. The Morgan fingerprint density at radius 2 is 1.24 bits per heavy atom. The van der Waals surface area contributed by atoms with E-state index in [1.807, 2.05) is 23.1 Å². The summed E-state index contributed by atoms with van der Waals surface area (Å²) in [4.78, 5) is 3.88. The number of benzene rings is 7. The summed E-state index contributed by atoms with van der Waals surface area (Å²) in [5.41, 5.74) is 9.75. The van der Waals surface area contributed by atoms with Crippen molar-refractivity contribution in [3.63, 3.8) is 0 Å². The van der Waals surface area contributed by atoms with Crippen LogP contribution in [-0.4, -0.2) is 5.25 Å². The molecular weight excluding hydrogens is 631 g/mol. The van der Waals surface area contributed by atoms with Gasteiger partial charge in [-0.05, 0) is 81.6 Å². The van der Waals surface area contributed by atoms with Crippen molar-refractivity contribution in [2.75, 3.05) is 4.90 Å². The molecule has 0 bridgehead atoms. The molecule has 0 amide bonds. The number of fused-ring (bicyclic) bond motifs is 7. The third-order valence-corrected chi connectivity index (χ3v) is 12.5. The Hall–Kier alpha value is -5.35. The number of thiophene rings is 1. The number of rotatable bonds is 5. The first-order valence-electron chi connectivity index (χ1n) is 16.8. The monoisotopic (exact) mass is 661 g/mol. The molecule has 1 aliphatic heterocycles. The lowest BCUT2D eigenvalue weighted by atomic mass is 9.91. The van der Waals surface area contributed by atoms with Crippen molar-refractivity contribution in [2.24, 2.45) is 0 Å². The number of nitrogens with zero attached hydrogens (tertiary/aromatic N) is 1. The van der Waals surface area contributed by atoms with Crippen LogP contribution in [0.4, 0.5) is 17.1 Å². The van der Waals surface area contributed by atoms with Crippen molar-refractivity contribution in [1.82, 2.24) is 0 Å². The number of allylic oxidation sites excluding steroid dienone is 3. The second kappa shape index (κ2) is 11.7. The number of anilines is 3. The molecule has 0 N–H and O–H groups in total. The van der Waals surface area contributed by atoms with Crippen LogP contribution in [0.1, 0.15) is 11.5 Å². The molecule has 232 valence electrons. The van der Waals surface area contributed by atoms with Gasteiger partial charge in [0.25, 0.3) is 0 Å². The normalized spacial score (nSPS) is 16.3. The maximum absolute atomic E-state index is 2.50. The third-order valence-electron chi connectivity index (χ3n) is 10.0. The van der Waals surface area contributed by atoms with Gasteiger partial charge in [0.2, 0.25) is 0 Å². The zero-order valence-electron chi connectivity index (χ0n) is 26.7. The van der Waals surface area contributed by atoms with Gasteiger partial charge in [0, 0.05) is 53.2 Å². The highest BCUT2D eigenvalue weighted by atomic mass is 32.2. The highest BCUT2D eigenvalue weighted by Gasteiger charge is 2.32. The lowest BCUT2D eigenvalue weighted by Crippen LogP contribution is -2.12. The van der Waals surface area contributed by atoms with E-state index in [1.165, 1.54) is 69.3 Å². The molecular formula is C46H31NS2. The Balaban J connectivity index is 1.25. The number of hydrogen-bond acceptors (Lipinski definition) is 3. The molecule has 2 heterocycles. The van der Waals surface area contributed by atoms with E-state index in [0.717, 1.165) is 11.4 Å². The van der Waals surface area contributed by atoms with Crippen LogP contribution < -0.4 is 4.90 Å². The van der Waals surface area contributed by atoms with Crippen LogP contribution in [0.2, 0.25) is 0 Å². The van der Waals surface area contributed by atoms with Gasteiger partial charge in [0.1, 0.15) is 0 Å². The van der Waals surface area contributed by atoms with E-state index in [4.69, 9.17) is 0 Å². The smallest absolute Gasteiger partial charge is 0.0546 e. The van der Waals surface area contributed by atoms with Crippen molar-refractivity contribution >= 4 is 71.1 Å². The summed E-state index contributed by atoms with van der Waals surface area (Å²) in [6.07, 6.45) is 9.12. The zero-order valence-corrected chi connectivity index (χ0v) is 28.3. The average Bonchev–Trinajstić information content (AvgIpc) is 3.73. The summed E-state index contributed by atoms with van der Waals surface area (Å²) in [6.45, 7) is 0. The van der Waals surface area contributed by atoms with Crippen LogP contribution >= 0.6 is 23.1 Å². The van der Waals surface area contributed by atoms with E-state index in [9.17, 15) is 0 Å². The van der Waals surface area contributed by atoms with Crippen LogP contribution in [-0.2, 0) is 0 Å². The summed E-state index contributed by atoms with van der Waals surface area (Å²) in [5, 5.41) is 5.57. The maximum atomic E-state index is 2.50. The SMILES string of the molecule is C1=CC2Sc3ccc(N(c4ccc5sc6ccccc6c5c4)c4cc(-c5cccc6ccccc56)ccc4-c4ccccc4)cc3C2C=C1. The molecule has 3 heteroatoms. The fourth-order valence-electron chi connectivity index (χ4n) is 7.67. The Labute approximate surface area is 294 Å². The number of thioether (sulfide) groups is 1. The van der Waals surface area contributed by atoms with Gasteiger partial charge in [-0.25, -0.2) is 0 Å². The number of hydrogen-bond donors (Lipinski definition) is 0. The van der Waals surface area contributed by atoms with Crippen molar-refractivity contribution < 1.29 is 0 Å². The van der Waals surface area contributed by atoms with E-state index in [1.54, 1.807) is 0 Å². The summed E-state index contributed by atoms with van der Waals surface area (Å²) in [6, 6.07) is 56.1. The molecule has 7 aromatic carbocycles. The standard InChI is InChI=1S/C46H31NS2/c1-2-11-31(12-3-1)37-24-21-32(36-18-10-14-30-13-4-5-15-35(30)36)27-42(37)47(33-22-25-45-40(28-33)38-16-6-8-19-43(38)48-45)34-23-26-46-41(29-34)39-17-7-9-20-44(39)49-46/h1-29,38,43H. The first-order valence-corrected chi connectivity index (χ1v) is 18.5. The highest BCUT2D eigenvalue weighted by Crippen LogP contribution is 2.51. The van der Waals surface area contributed by atoms with Crippen molar-refractivity contribution in [3.05, 3.63) is 182 Å². The van der Waals surface area contributed by atoms with Crippen LogP contribution in [0.15, 0.2) is 181 Å². The van der Waals surface area contributed by atoms with Crippen LogP contribution in [0.25, 0.3) is 53.2 Å². The fourth-order valence-corrected chi connectivity index (χ4v) is 10.1. The van der Waals surface area contributed by atoms with Crippen molar-refractivity contribution in [2.45, 2.75) is 16.1 Å². The third kappa shape index (κ3) is 4.84. The van der Waals surface area contributed by atoms with Gasteiger partial charge in [-0.3, -0.25) is 0 Å². The van der Waals surface area contributed by atoms with Crippen molar-refractivity contribution in [3.8, 4) is 22.3 Å². The molecule has 2 unspecified atom stereocenters. The Kier molecular flexibility index (Phi) is 6.82. The fraction of sp³-hybridized carbons (Fsp3) is 0.0435. The quantitative estimate of drug-likeness (QED) is 0.181. The summed E-state index contributed by atoms with van der Waals surface area (Å²) >= 11 is 3.85. The molecule has 1 aromatic heterocycles. The Morgan fingerprint density at radius 3 is 2.18 bits per heavy atom. The first-order chi connectivity index (χ1) is 24.3. The minimum Gasteiger partial charge on any atom is -0.310 e. The van der Waals surface area contributed by atoms with E-state index in [0.29, 0.717) is 11.2 Å². The van der Waals surface area contributed by atoms with E-state index in [-0.39, 0.29) is 0 Å². The van der Waals surface area contributed by atoms with Crippen molar-refractivity contribution in [1.29, 1.82) is 0 Å². The molecule has 0 radical (unpaired) electrons. The predicted octanol–water partition coefficient (Wildman–Crippen LogP) is 13.7. The summed E-state index contributed by atoms with van der Waals surface area (Å²) in [7, 11) is 0. The largest absolute Gasteiger partial charge is 0.310 e. The second-order valence-corrected chi connectivity index (χ2v) is 15.1. The minimum atomic E-state index is 0.380. The van der Waals surface area contributed by atoms with E-state index >= 15 is 0 Å². The van der Waals surface area contributed by atoms with Gasteiger partial charge in [0.05, 0.1) is 5.69 Å². The Bertz CT molecular complexity index is 2610.